The van der Waals surface area contributed by atoms with Gasteiger partial charge in [0.05, 0.1) is 12.2 Å². The number of Topliss-reactive ketones (excluding diaryl/α,β-unsaturated/α-hetero) is 1. The number of hydrogen-bond acceptors (Lipinski definition) is 4. The summed E-state index contributed by atoms with van der Waals surface area (Å²) in [6, 6.07) is 0. The zero-order chi connectivity index (χ0) is 18.6. The molecular formula is C22H28O4. The predicted molar refractivity (Wildman–Crippen MR) is 96.2 cm³/mol. The van der Waals surface area contributed by atoms with Gasteiger partial charge in [0.1, 0.15) is 5.60 Å². The van der Waals surface area contributed by atoms with Gasteiger partial charge in [-0.3, -0.25) is 9.59 Å². The van der Waals surface area contributed by atoms with E-state index in [1.54, 1.807) is 6.08 Å². The SMILES string of the molecule is CC(=O)[C@@]1(O)[C@@H](C)C[C@H]2[C@@H]3CCC4=CC(=O)C=C[C@]4(C)[C@H]3[C@H]3OC3[C@@]21C. The third-order valence-electron chi connectivity index (χ3n) is 8.94. The van der Waals surface area contributed by atoms with Gasteiger partial charge in [0, 0.05) is 16.7 Å². The van der Waals surface area contributed by atoms with E-state index in [0.717, 1.165) is 19.3 Å². The molecular weight excluding hydrogens is 328 g/mol. The smallest absolute Gasteiger partial charge is 0.178 e. The molecule has 0 amide bonds. The van der Waals surface area contributed by atoms with Crippen LogP contribution in [0.2, 0.25) is 0 Å². The molecule has 26 heavy (non-hydrogen) atoms. The number of aliphatic hydroxyl groups is 1. The van der Waals surface area contributed by atoms with Crippen LogP contribution in [0.3, 0.4) is 0 Å². The Kier molecular flexibility index (Phi) is 3.10. The van der Waals surface area contributed by atoms with Crippen molar-refractivity contribution in [2.75, 3.05) is 0 Å². The van der Waals surface area contributed by atoms with Crippen LogP contribution in [0.1, 0.15) is 47.0 Å². The van der Waals surface area contributed by atoms with E-state index in [9.17, 15) is 14.7 Å². The van der Waals surface area contributed by atoms with Gasteiger partial charge in [-0.25, -0.2) is 0 Å². The fourth-order valence-corrected chi connectivity index (χ4v) is 7.65. The molecule has 0 bridgehead atoms. The van der Waals surface area contributed by atoms with E-state index in [1.807, 2.05) is 13.0 Å². The Balaban J connectivity index is 1.61. The van der Waals surface area contributed by atoms with E-state index in [0.29, 0.717) is 11.8 Å². The molecule has 9 atom stereocenters. The van der Waals surface area contributed by atoms with Crippen molar-refractivity contribution in [3.05, 3.63) is 23.8 Å². The third-order valence-corrected chi connectivity index (χ3v) is 8.94. The number of allylic oxidation sites excluding steroid dienone is 4. The number of ether oxygens (including phenoxy) is 1. The van der Waals surface area contributed by atoms with Gasteiger partial charge in [0.2, 0.25) is 0 Å². The highest BCUT2D eigenvalue weighted by atomic mass is 16.6. The zero-order valence-corrected chi connectivity index (χ0v) is 16.0. The van der Waals surface area contributed by atoms with Crippen LogP contribution in [-0.4, -0.2) is 34.5 Å². The number of carbonyl (C=O) groups excluding carboxylic acids is 2. The fourth-order valence-electron chi connectivity index (χ4n) is 7.65. The van der Waals surface area contributed by atoms with Gasteiger partial charge in [-0.15, -0.1) is 0 Å². The first-order valence-corrected chi connectivity index (χ1v) is 9.98. The number of fused-ring (bicyclic) bond motifs is 8. The fraction of sp³-hybridized carbons (Fsp3) is 0.727. The second-order valence-corrected chi connectivity index (χ2v) is 9.79. The van der Waals surface area contributed by atoms with Crippen LogP contribution in [-0.2, 0) is 14.3 Å². The Morgan fingerprint density at radius 3 is 2.77 bits per heavy atom. The lowest BCUT2D eigenvalue weighted by Crippen LogP contribution is -2.61. The second-order valence-electron chi connectivity index (χ2n) is 9.79. The molecule has 0 spiro atoms. The van der Waals surface area contributed by atoms with Gasteiger partial charge in [-0.2, -0.15) is 0 Å². The van der Waals surface area contributed by atoms with Crippen molar-refractivity contribution in [3.63, 3.8) is 0 Å². The summed E-state index contributed by atoms with van der Waals surface area (Å²) in [4.78, 5) is 24.4. The lowest BCUT2D eigenvalue weighted by molar-refractivity contribution is -0.162. The second kappa shape index (κ2) is 4.77. The molecule has 4 aliphatic carbocycles. The molecule has 1 N–H and O–H groups in total. The molecule has 1 saturated heterocycles. The van der Waals surface area contributed by atoms with Crippen LogP contribution in [0.15, 0.2) is 23.8 Å². The number of rotatable bonds is 1. The first kappa shape index (κ1) is 16.9. The minimum absolute atomic E-state index is 0.0492. The third kappa shape index (κ3) is 1.65. The molecule has 0 aromatic heterocycles. The Morgan fingerprint density at radius 1 is 1.35 bits per heavy atom. The van der Waals surface area contributed by atoms with Crippen LogP contribution in [0, 0.1) is 34.5 Å². The largest absolute Gasteiger partial charge is 0.381 e. The highest BCUT2D eigenvalue weighted by Gasteiger charge is 2.78. The van der Waals surface area contributed by atoms with Crippen LogP contribution in [0.25, 0.3) is 0 Å². The molecule has 140 valence electrons. The minimum atomic E-state index is -1.29. The summed E-state index contributed by atoms with van der Waals surface area (Å²) in [7, 11) is 0. The van der Waals surface area contributed by atoms with Gasteiger partial charge < -0.3 is 9.84 Å². The Bertz CT molecular complexity index is 781. The first-order valence-electron chi connectivity index (χ1n) is 9.98. The molecule has 1 aliphatic heterocycles. The van der Waals surface area contributed by atoms with Crippen molar-refractivity contribution < 1.29 is 19.4 Å². The molecule has 4 nitrogen and oxygen atoms in total. The molecule has 4 fully saturated rings. The van der Waals surface area contributed by atoms with Gasteiger partial charge in [0.25, 0.3) is 0 Å². The lowest BCUT2D eigenvalue weighted by atomic mass is 9.47. The Hall–Kier alpha value is -1.26. The summed E-state index contributed by atoms with van der Waals surface area (Å²) in [6.07, 6.45) is 8.45. The van der Waals surface area contributed by atoms with Gasteiger partial charge in [0.15, 0.2) is 11.6 Å². The Labute approximate surface area is 154 Å². The molecule has 4 heteroatoms. The van der Waals surface area contributed by atoms with E-state index in [4.69, 9.17) is 4.74 Å². The van der Waals surface area contributed by atoms with Gasteiger partial charge >= 0.3 is 0 Å². The molecule has 0 aromatic carbocycles. The zero-order valence-electron chi connectivity index (χ0n) is 16.0. The van der Waals surface area contributed by atoms with E-state index >= 15 is 0 Å². The molecule has 1 heterocycles. The molecule has 5 aliphatic rings. The van der Waals surface area contributed by atoms with E-state index < -0.39 is 11.0 Å². The van der Waals surface area contributed by atoms with Crippen LogP contribution in [0.4, 0.5) is 0 Å². The average molecular weight is 356 g/mol. The van der Waals surface area contributed by atoms with Crippen molar-refractivity contribution in [2.45, 2.75) is 64.8 Å². The normalized spacial score (nSPS) is 56.8. The predicted octanol–water partition coefficient (Wildman–Crippen LogP) is 2.85. The van der Waals surface area contributed by atoms with E-state index in [-0.39, 0.29) is 41.0 Å². The van der Waals surface area contributed by atoms with E-state index in [2.05, 4.69) is 19.9 Å². The summed E-state index contributed by atoms with van der Waals surface area (Å²) in [5.41, 5.74) is -0.706. The van der Waals surface area contributed by atoms with Crippen molar-refractivity contribution in [3.8, 4) is 0 Å². The summed E-state index contributed by atoms with van der Waals surface area (Å²) in [5, 5.41) is 11.5. The molecule has 0 aromatic rings. The van der Waals surface area contributed by atoms with Gasteiger partial charge in [-0.1, -0.05) is 32.4 Å². The Morgan fingerprint density at radius 2 is 2.08 bits per heavy atom. The van der Waals surface area contributed by atoms with Crippen LogP contribution >= 0.6 is 0 Å². The van der Waals surface area contributed by atoms with Crippen LogP contribution < -0.4 is 0 Å². The standard InChI is InChI=1S/C22H28O4/c1-11-9-16-15-6-5-13-10-14(24)7-8-20(13,3)17(15)18-19(26-18)21(16,4)22(11,25)12(2)23/h7-8,10-11,15-19,25H,5-6,9H2,1-4H3/t11-,15-,16-,17+,18+,19?,20-,21+,22-/m0/s1. The molecule has 5 rings (SSSR count). The first-order chi connectivity index (χ1) is 12.2. The summed E-state index contributed by atoms with van der Waals surface area (Å²) in [5.74, 6) is 0.950. The van der Waals surface area contributed by atoms with Crippen LogP contribution in [0.5, 0.6) is 0 Å². The van der Waals surface area contributed by atoms with Crippen molar-refractivity contribution in [1.29, 1.82) is 0 Å². The monoisotopic (exact) mass is 356 g/mol. The number of ketones is 2. The van der Waals surface area contributed by atoms with Crippen molar-refractivity contribution in [1.82, 2.24) is 0 Å². The van der Waals surface area contributed by atoms with Crippen molar-refractivity contribution in [2.24, 2.45) is 34.5 Å². The minimum Gasteiger partial charge on any atom is -0.381 e. The maximum absolute atomic E-state index is 12.5. The molecule has 3 saturated carbocycles. The van der Waals surface area contributed by atoms with Gasteiger partial charge in [-0.05, 0) is 56.1 Å². The number of epoxide rings is 1. The summed E-state index contributed by atoms with van der Waals surface area (Å²) in [6.45, 7) is 7.89. The molecule has 1 unspecified atom stereocenters. The van der Waals surface area contributed by atoms with E-state index in [1.165, 1.54) is 12.5 Å². The summed E-state index contributed by atoms with van der Waals surface area (Å²) < 4.78 is 6.24. The lowest BCUT2D eigenvalue weighted by Gasteiger charge is -2.55. The average Bonchev–Trinajstić information content (AvgIpc) is 3.34. The maximum Gasteiger partial charge on any atom is 0.178 e. The molecule has 0 radical (unpaired) electrons. The highest BCUT2D eigenvalue weighted by Crippen LogP contribution is 2.73. The summed E-state index contributed by atoms with van der Waals surface area (Å²) >= 11 is 0. The highest BCUT2D eigenvalue weighted by molar-refractivity contribution is 6.01. The van der Waals surface area contributed by atoms with Crippen molar-refractivity contribution >= 4 is 11.6 Å². The number of hydrogen-bond donors (Lipinski definition) is 1. The maximum atomic E-state index is 12.5. The quantitative estimate of drug-likeness (QED) is 0.734. The topological polar surface area (TPSA) is 66.9 Å². The number of carbonyl (C=O) groups is 2.